The van der Waals surface area contributed by atoms with E-state index in [1.165, 1.54) is 19.3 Å². The van der Waals surface area contributed by atoms with Gasteiger partial charge in [0.05, 0.1) is 6.10 Å². The van der Waals surface area contributed by atoms with Crippen molar-refractivity contribution in [2.45, 2.75) is 52.1 Å². The molecule has 20 heavy (non-hydrogen) atoms. The maximum atomic E-state index is 8.73. The van der Waals surface area contributed by atoms with Gasteiger partial charge < -0.3 is 15.7 Å². The number of ether oxygens (including phenoxy) is 1. The number of hydrogen-bond donors (Lipinski definition) is 2. The van der Waals surface area contributed by atoms with Gasteiger partial charge in [-0.3, -0.25) is 0 Å². The summed E-state index contributed by atoms with van der Waals surface area (Å²) in [6, 6.07) is 5.71. The molecule has 1 saturated carbocycles. The molecule has 0 bridgehead atoms. The second-order valence-corrected chi connectivity index (χ2v) is 5.64. The van der Waals surface area contributed by atoms with Crippen LogP contribution in [0.4, 0.5) is 0 Å². The quantitative estimate of drug-likeness (QED) is 0.383. The number of rotatable bonds is 4. The van der Waals surface area contributed by atoms with E-state index in [0.29, 0.717) is 6.10 Å². The van der Waals surface area contributed by atoms with Crippen LogP contribution < -0.4 is 10.5 Å². The van der Waals surface area contributed by atoms with Crippen molar-refractivity contribution in [3.63, 3.8) is 0 Å². The third kappa shape index (κ3) is 3.44. The summed E-state index contributed by atoms with van der Waals surface area (Å²) < 4.78 is 6.09. The number of amidine groups is 1. The van der Waals surface area contributed by atoms with Gasteiger partial charge in [-0.15, -0.1) is 0 Å². The minimum atomic E-state index is 0.137. The van der Waals surface area contributed by atoms with Gasteiger partial charge in [0.2, 0.25) is 0 Å². The monoisotopic (exact) mass is 276 g/mol. The molecule has 0 saturated heterocycles. The SMILES string of the molecule is CCC1CCCC(Oc2ccc(/C(N)=N/O)c(C)c2)C1. The van der Waals surface area contributed by atoms with Gasteiger partial charge in [0.1, 0.15) is 5.75 Å². The molecule has 1 aliphatic rings. The summed E-state index contributed by atoms with van der Waals surface area (Å²) in [5, 5.41) is 11.8. The first-order valence-electron chi connectivity index (χ1n) is 7.39. The Bertz CT molecular complexity index is 485. The smallest absolute Gasteiger partial charge is 0.170 e. The van der Waals surface area contributed by atoms with Crippen LogP contribution in [0, 0.1) is 12.8 Å². The molecular formula is C16H24N2O2. The van der Waals surface area contributed by atoms with E-state index in [9.17, 15) is 0 Å². The lowest BCUT2D eigenvalue weighted by molar-refractivity contribution is 0.122. The second-order valence-electron chi connectivity index (χ2n) is 5.64. The maximum Gasteiger partial charge on any atom is 0.170 e. The third-order valence-corrected chi connectivity index (χ3v) is 4.20. The molecule has 2 atom stereocenters. The average Bonchev–Trinajstić information content (AvgIpc) is 2.47. The van der Waals surface area contributed by atoms with E-state index < -0.39 is 0 Å². The minimum absolute atomic E-state index is 0.137. The van der Waals surface area contributed by atoms with Crippen molar-refractivity contribution in [2.75, 3.05) is 0 Å². The summed E-state index contributed by atoms with van der Waals surface area (Å²) in [5.41, 5.74) is 7.33. The topological polar surface area (TPSA) is 67.8 Å². The zero-order chi connectivity index (χ0) is 14.5. The van der Waals surface area contributed by atoms with E-state index >= 15 is 0 Å². The minimum Gasteiger partial charge on any atom is -0.490 e. The lowest BCUT2D eigenvalue weighted by Gasteiger charge is -2.29. The molecule has 0 heterocycles. The van der Waals surface area contributed by atoms with Crippen LogP contribution >= 0.6 is 0 Å². The van der Waals surface area contributed by atoms with Crippen molar-refractivity contribution in [1.82, 2.24) is 0 Å². The molecule has 2 unspecified atom stereocenters. The van der Waals surface area contributed by atoms with Crippen LogP contribution in [0.3, 0.4) is 0 Å². The zero-order valence-corrected chi connectivity index (χ0v) is 12.3. The Balaban J connectivity index is 2.05. The van der Waals surface area contributed by atoms with Crippen LogP contribution in [0.1, 0.15) is 50.2 Å². The highest BCUT2D eigenvalue weighted by molar-refractivity contribution is 5.98. The van der Waals surface area contributed by atoms with Gasteiger partial charge in [0, 0.05) is 5.56 Å². The van der Waals surface area contributed by atoms with Crippen LogP contribution in [0.5, 0.6) is 5.75 Å². The molecule has 0 spiro atoms. The average molecular weight is 276 g/mol. The Labute approximate surface area is 120 Å². The molecular weight excluding hydrogens is 252 g/mol. The van der Waals surface area contributed by atoms with E-state index in [-0.39, 0.29) is 5.84 Å². The van der Waals surface area contributed by atoms with E-state index in [2.05, 4.69) is 12.1 Å². The molecule has 1 aliphatic carbocycles. The highest BCUT2D eigenvalue weighted by Gasteiger charge is 2.22. The third-order valence-electron chi connectivity index (χ3n) is 4.20. The molecule has 1 aromatic carbocycles. The fourth-order valence-corrected chi connectivity index (χ4v) is 2.96. The standard InChI is InChI=1S/C16H24N2O2/c1-3-12-5-4-6-13(10-12)20-14-7-8-15(11(2)9-14)16(17)18-19/h7-9,12-13,19H,3-6,10H2,1-2H3,(H2,17,18). The van der Waals surface area contributed by atoms with Gasteiger partial charge >= 0.3 is 0 Å². The van der Waals surface area contributed by atoms with E-state index in [1.54, 1.807) is 0 Å². The summed E-state index contributed by atoms with van der Waals surface area (Å²) in [6.07, 6.45) is 6.43. The predicted molar refractivity (Wildman–Crippen MR) is 80.4 cm³/mol. The highest BCUT2D eigenvalue weighted by Crippen LogP contribution is 2.30. The van der Waals surface area contributed by atoms with Crippen LogP contribution in [-0.4, -0.2) is 17.1 Å². The number of benzene rings is 1. The van der Waals surface area contributed by atoms with Crippen molar-refractivity contribution in [2.24, 2.45) is 16.8 Å². The Hall–Kier alpha value is -1.71. The molecule has 110 valence electrons. The highest BCUT2D eigenvalue weighted by atomic mass is 16.5. The molecule has 0 aliphatic heterocycles. The van der Waals surface area contributed by atoms with Crippen LogP contribution in [0.15, 0.2) is 23.4 Å². The van der Waals surface area contributed by atoms with E-state index in [4.69, 9.17) is 15.7 Å². The fourth-order valence-electron chi connectivity index (χ4n) is 2.96. The molecule has 0 radical (unpaired) electrons. The fraction of sp³-hybridized carbons (Fsp3) is 0.562. The van der Waals surface area contributed by atoms with Crippen molar-refractivity contribution < 1.29 is 9.94 Å². The number of aryl methyl sites for hydroxylation is 1. The summed E-state index contributed by atoms with van der Waals surface area (Å²) in [5.74, 6) is 1.81. The molecule has 0 aromatic heterocycles. The van der Waals surface area contributed by atoms with Crippen LogP contribution in [0.2, 0.25) is 0 Å². The first-order valence-corrected chi connectivity index (χ1v) is 7.39. The maximum absolute atomic E-state index is 8.73. The molecule has 1 aromatic rings. The lowest BCUT2D eigenvalue weighted by atomic mass is 9.85. The largest absolute Gasteiger partial charge is 0.490 e. The summed E-state index contributed by atoms with van der Waals surface area (Å²) in [4.78, 5) is 0. The number of oxime groups is 1. The van der Waals surface area contributed by atoms with Crippen LogP contribution in [0.25, 0.3) is 0 Å². The van der Waals surface area contributed by atoms with Crippen molar-refractivity contribution >= 4 is 5.84 Å². The Morgan fingerprint density at radius 3 is 2.90 bits per heavy atom. The summed E-state index contributed by atoms with van der Waals surface area (Å²) in [6.45, 7) is 4.19. The Morgan fingerprint density at radius 2 is 2.25 bits per heavy atom. The normalized spacial score (nSPS) is 23.6. The molecule has 4 nitrogen and oxygen atoms in total. The van der Waals surface area contributed by atoms with Crippen molar-refractivity contribution in [1.29, 1.82) is 0 Å². The number of nitrogens with two attached hydrogens (primary N) is 1. The van der Waals surface area contributed by atoms with Crippen LogP contribution in [-0.2, 0) is 0 Å². The number of hydrogen-bond acceptors (Lipinski definition) is 3. The molecule has 2 rings (SSSR count). The summed E-state index contributed by atoms with van der Waals surface area (Å²) in [7, 11) is 0. The van der Waals surface area contributed by atoms with E-state index in [0.717, 1.165) is 35.6 Å². The van der Waals surface area contributed by atoms with Gasteiger partial charge in [-0.05, 0) is 55.9 Å². The number of nitrogens with zero attached hydrogens (tertiary/aromatic N) is 1. The molecule has 3 N–H and O–H groups in total. The predicted octanol–water partition coefficient (Wildman–Crippen LogP) is 3.44. The second kappa shape index (κ2) is 6.64. The Kier molecular flexibility index (Phi) is 4.88. The van der Waals surface area contributed by atoms with Gasteiger partial charge in [0.15, 0.2) is 5.84 Å². The van der Waals surface area contributed by atoms with Crippen molar-refractivity contribution in [3.8, 4) is 5.75 Å². The lowest BCUT2D eigenvalue weighted by Crippen LogP contribution is -2.25. The van der Waals surface area contributed by atoms with Gasteiger partial charge in [-0.2, -0.15) is 0 Å². The van der Waals surface area contributed by atoms with Gasteiger partial charge in [-0.1, -0.05) is 24.9 Å². The zero-order valence-electron chi connectivity index (χ0n) is 12.3. The first-order chi connectivity index (χ1) is 9.63. The molecule has 4 heteroatoms. The van der Waals surface area contributed by atoms with E-state index in [1.807, 2.05) is 25.1 Å². The molecule has 1 fully saturated rings. The van der Waals surface area contributed by atoms with Gasteiger partial charge in [-0.25, -0.2) is 0 Å². The Morgan fingerprint density at radius 1 is 1.45 bits per heavy atom. The van der Waals surface area contributed by atoms with Gasteiger partial charge in [0.25, 0.3) is 0 Å². The molecule has 0 amide bonds. The van der Waals surface area contributed by atoms with Crippen molar-refractivity contribution in [3.05, 3.63) is 29.3 Å². The first kappa shape index (κ1) is 14.7. The summed E-state index contributed by atoms with van der Waals surface area (Å²) >= 11 is 0.